The van der Waals surface area contributed by atoms with Crippen molar-refractivity contribution in [1.82, 2.24) is 4.90 Å². The summed E-state index contributed by atoms with van der Waals surface area (Å²) in [5, 5.41) is 0. The van der Waals surface area contributed by atoms with Crippen LogP contribution in [-0.4, -0.2) is 32.2 Å². The first-order chi connectivity index (χ1) is 7.64. The van der Waals surface area contributed by atoms with Gasteiger partial charge in [0.2, 0.25) is 0 Å². The zero-order chi connectivity index (χ0) is 11.9. The Bertz CT molecular complexity index is 203. The molecule has 0 saturated carbocycles. The van der Waals surface area contributed by atoms with Crippen molar-refractivity contribution in [3.63, 3.8) is 0 Å². The summed E-state index contributed by atoms with van der Waals surface area (Å²) in [4.78, 5) is 2.74. The smallest absolute Gasteiger partial charge is 0.0666 e. The lowest BCUT2D eigenvalue weighted by atomic mass is 10.1. The fourth-order valence-electron chi connectivity index (χ4n) is 2.58. The van der Waals surface area contributed by atoms with Crippen LogP contribution in [0.15, 0.2) is 12.2 Å². The van der Waals surface area contributed by atoms with Crippen molar-refractivity contribution in [2.24, 2.45) is 0 Å². The largest absolute Gasteiger partial charge is 0.306 e. The van der Waals surface area contributed by atoms with Crippen LogP contribution in [-0.2, 0) is 0 Å². The van der Waals surface area contributed by atoms with E-state index < -0.39 is 8.07 Å². The summed E-state index contributed by atoms with van der Waals surface area (Å²) in [5.41, 5.74) is 0. The van der Waals surface area contributed by atoms with Crippen LogP contribution in [0.5, 0.6) is 0 Å². The first kappa shape index (κ1) is 14.0. The second-order valence-corrected chi connectivity index (χ2v) is 11.0. The zero-order valence-electron chi connectivity index (χ0n) is 11.5. The summed E-state index contributed by atoms with van der Waals surface area (Å²) in [6.45, 7) is 9.91. The van der Waals surface area contributed by atoms with Gasteiger partial charge in [0.15, 0.2) is 0 Å². The van der Waals surface area contributed by atoms with Gasteiger partial charge in [0.25, 0.3) is 0 Å². The molecule has 0 bridgehead atoms. The first-order valence-corrected chi connectivity index (χ1v) is 10.4. The van der Waals surface area contributed by atoms with Crippen LogP contribution in [0.4, 0.5) is 0 Å². The Labute approximate surface area is 103 Å². The third-order valence-corrected chi connectivity index (χ3v) is 6.15. The van der Waals surface area contributed by atoms with Crippen molar-refractivity contribution in [3.05, 3.63) is 12.2 Å². The van der Waals surface area contributed by atoms with E-state index in [1.165, 1.54) is 57.4 Å². The molecule has 1 nitrogen and oxygen atoms in total. The highest BCUT2D eigenvalue weighted by Crippen LogP contribution is 2.16. The van der Waals surface area contributed by atoms with Crippen molar-refractivity contribution in [1.29, 1.82) is 0 Å². The SMILES string of the molecule is C/C=C/C[Si](C)(C)CN1CCCCCCC1. The van der Waals surface area contributed by atoms with Gasteiger partial charge in [-0.2, -0.15) is 0 Å². The van der Waals surface area contributed by atoms with Gasteiger partial charge in [0, 0.05) is 0 Å². The van der Waals surface area contributed by atoms with Crippen LogP contribution in [0.1, 0.15) is 39.0 Å². The maximum Gasteiger partial charge on any atom is 0.0666 e. The minimum absolute atomic E-state index is 1.01. The topological polar surface area (TPSA) is 3.24 Å². The second kappa shape index (κ2) is 7.28. The Kier molecular flexibility index (Phi) is 6.36. The molecular weight excluding hydrogens is 210 g/mol. The van der Waals surface area contributed by atoms with Gasteiger partial charge in [-0.3, -0.25) is 0 Å². The monoisotopic (exact) mass is 239 g/mol. The van der Waals surface area contributed by atoms with Crippen molar-refractivity contribution in [3.8, 4) is 0 Å². The second-order valence-electron chi connectivity index (χ2n) is 5.98. The van der Waals surface area contributed by atoms with Gasteiger partial charge >= 0.3 is 0 Å². The fourth-order valence-corrected chi connectivity index (χ4v) is 5.11. The Balaban J connectivity index is 2.37. The van der Waals surface area contributed by atoms with Crippen LogP contribution in [0.3, 0.4) is 0 Å². The van der Waals surface area contributed by atoms with E-state index in [1.54, 1.807) is 0 Å². The predicted molar refractivity (Wildman–Crippen MR) is 76.6 cm³/mol. The molecule has 0 atom stereocenters. The third-order valence-electron chi connectivity index (χ3n) is 3.51. The number of likely N-dealkylation sites (tertiary alicyclic amines) is 1. The molecule has 0 aliphatic carbocycles. The number of rotatable bonds is 4. The molecule has 1 rings (SSSR count). The molecule has 1 saturated heterocycles. The van der Waals surface area contributed by atoms with Gasteiger partial charge in [-0.25, -0.2) is 0 Å². The van der Waals surface area contributed by atoms with Crippen LogP contribution < -0.4 is 0 Å². The number of nitrogens with zero attached hydrogens (tertiary/aromatic N) is 1. The van der Waals surface area contributed by atoms with E-state index in [-0.39, 0.29) is 0 Å². The first-order valence-electron chi connectivity index (χ1n) is 6.97. The van der Waals surface area contributed by atoms with E-state index in [1.807, 2.05) is 0 Å². The molecule has 0 aromatic rings. The molecule has 0 amide bonds. The Morgan fingerprint density at radius 2 is 1.56 bits per heavy atom. The van der Waals surface area contributed by atoms with Gasteiger partial charge < -0.3 is 4.90 Å². The van der Waals surface area contributed by atoms with Gasteiger partial charge in [0.1, 0.15) is 0 Å². The predicted octanol–water partition coefficient (Wildman–Crippen LogP) is 4.08. The normalized spacial score (nSPS) is 20.9. The molecule has 0 spiro atoms. The zero-order valence-corrected chi connectivity index (χ0v) is 12.5. The van der Waals surface area contributed by atoms with Crippen LogP contribution in [0.25, 0.3) is 0 Å². The Morgan fingerprint density at radius 3 is 2.12 bits per heavy atom. The fraction of sp³-hybridized carbons (Fsp3) is 0.857. The minimum atomic E-state index is -1.01. The van der Waals surface area contributed by atoms with Crippen LogP contribution >= 0.6 is 0 Å². The number of hydrogen-bond donors (Lipinski definition) is 0. The van der Waals surface area contributed by atoms with E-state index in [0.29, 0.717) is 0 Å². The average Bonchev–Trinajstić information content (AvgIpc) is 2.19. The number of allylic oxidation sites excluding steroid dienone is 2. The van der Waals surface area contributed by atoms with Crippen molar-refractivity contribution < 1.29 is 0 Å². The molecule has 1 heterocycles. The standard InChI is InChI=1S/C14H29NSi/c1-4-5-13-16(2,3)14-15-11-9-7-6-8-10-12-15/h4-5H,6-14H2,1-3H3/b5-4+. The van der Waals surface area contributed by atoms with Crippen LogP contribution in [0.2, 0.25) is 19.1 Å². The summed E-state index contributed by atoms with van der Waals surface area (Å²) >= 11 is 0. The lowest BCUT2D eigenvalue weighted by Gasteiger charge is -2.32. The van der Waals surface area contributed by atoms with Gasteiger partial charge in [0.05, 0.1) is 8.07 Å². The summed E-state index contributed by atoms with van der Waals surface area (Å²) in [6, 6.07) is 1.35. The van der Waals surface area contributed by atoms with E-state index in [0.717, 1.165) is 0 Å². The Morgan fingerprint density at radius 1 is 1.00 bits per heavy atom. The summed E-state index contributed by atoms with van der Waals surface area (Å²) in [5.74, 6) is 0. The average molecular weight is 239 g/mol. The van der Waals surface area contributed by atoms with Crippen molar-refractivity contribution in [2.75, 3.05) is 19.3 Å². The highest BCUT2D eigenvalue weighted by Gasteiger charge is 2.22. The van der Waals surface area contributed by atoms with Gasteiger partial charge in [-0.1, -0.05) is 44.5 Å². The molecule has 94 valence electrons. The molecule has 0 aromatic carbocycles. The van der Waals surface area contributed by atoms with Gasteiger partial charge in [-0.05, 0) is 45.1 Å². The number of hydrogen-bond acceptors (Lipinski definition) is 1. The van der Waals surface area contributed by atoms with E-state index >= 15 is 0 Å². The molecule has 1 aliphatic heterocycles. The maximum absolute atomic E-state index is 2.74. The Hall–Kier alpha value is -0.0831. The van der Waals surface area contributed by atoms with E-state index in [4.69, 9.17) is 0 Å². The van der Waals surface area contributed by atoms with Crippen LogP contribution in [0, 0.1) is 0 Å². The quantitative estimate of drug-likeness (QED) is 0.528. The van der Waals surface area contributed by atoms with E-state index in [2.05, 4.69) is 37.1 Å². The molecule has 0 unspecified atom stereocenters. The molecular formula is C14H29NSi. The summed E-state index contributed by atoms with van der Waals surface area (Å²) in [7, 11) is -1.01. The summed E-state index contributed by atoms with van der Waals surface area (Å²) < 4.78 is 0. The van der Waals surface area contributed by atoms with Crippen molar-refractivity contribution >= 4 is 8.07 Å². The van der Waals surface area contributed by atoms with Gasteiger partial charge in [-0.15, -0.1) is 0 Å². The van der Waals surface area contributed by atoms with E-state index in [9.17, 15) is 0 Å². The molecule has 2 heteroatoms. The molecule has 0 aromatic heterocycles. The lowest BCUT2D eigenvalue weighted by Crippen LogP contribution is -2.43. The van der Waals surface area contributed by atoms with Crippen molar-refractivity contribution in [2.45, 2.75) is 58.2 Å². The molecule has 0 N–H and O–H groups in total. The highest BCUT2D eigenvalue weighted by atomic mass is 28.3. The summed E-state index contributed by atoms with van der Waals surface area (Å²) in [6.07, 6.45) is 13.2. The molecule has 16 heavy (non-hydrogen) atoms. The lowest BCUT2D eigenvalue weighted by molar-refractivity contribution is 0.279. The minimum Gasteiger partial charge on any atom is -0.306 e. The molecule has 1 aliphatic rings. The molecule has 1 fully saturated rings. The highest BCUT2D eigenvalue weighted by molar-refractivity contribution is 6.78. The third kappa shape index (κ3) is 5.85. The molecule has 0 radical (unpaired) electrons. The maximum atomic E-state index is 2.74.